The third-order valence-electron chi connectivity index (χ3n) is 3.71. The predicted octanol–water partition coefficient (Wildman–Crippen LogP) is 4.02. The van der Waals surface area contributed by atoms with Crippen molar-refractivity contribution in [1.82, 2.24) is 5.43 Å². The third kappa shape index (κ3) is 5.64. The lowest BCUT2D eigenvalue weighted by Gasteiger charge is -2.04. The summed E-state index contributed by atoms with van der Waals surface area (Å²) in [7, 11) is 0. The summed E-state index contributed by atoms with van der Waals surface area (Å²) in [6.45, 7) is 0.357. The van der Waals surface area contributed by atoms with Gasteiger partial charge in [0, 0.05) is 11.1 Å². The molecule has 5 heteroatoms. The Hall–Kier alpha value is -3.73. The summed E-state index contributed by atoms with van der Waals surface area (Å²) in [6.07, 6.45) is 1.49. The minimum Gasteiger partial charge on any atom is -0.391 e. The molecule has 134 valence electrons. The number of nitrogens with zero attached hydrogens (tertiary/aromatic N) is 2. The second-order valence-electron chi connectivity index (χ2n) is 5.66. The van der Waals surface area contributed by atoms with Crippen LogP contribution in [0, 0.1) is 0 Å². The fourth-order valence-electron chi connectivity index (χ4n) is 2.32. The molecule has 5 nitrogen and oxygen atoms in total. The van der Waals surface area contributed by atoms with E-state index in [2.05, 4.69) is 15.7 Å². The number of rotatable bonds is 7. The van der Waals surface area contributed by atoms with Crippen molar-refractivity contribution in [2.75, 3.05) is 0 Å². The SMILES string of the molecule is O=C(NN=C(C=NOCc1ccccc1)c1ccccc1)c1ccccc1. The fraction of sp³-hybridized carbons (Fsp3) is 0.0455. The van der Waals surface area contributed by atoms with Gasteiger partial charge in [0.25, 0.3) is 5.91 Å². The van der Waals surface area contributed by atoms with Gasteiger partial charge < -0.3 is 4.84 Å². The van der Waals surface area contributed by atoms with Gasteiger partial charge in [0.1, 0.15) is 12.3 Å². The lowest BCUT2D eigenvalue weighted by molar-refractivity contribution is 0.0955. The average Bonchev–Trinajstić information content (AvgIpc) is 2.75. The van der Waals surface area contributed by atoms with E-state index in [1.54, 1.807) is 24.3 Å². The van der Waals surface area contributed by atoms with E-state index in [0.717, 1.165) is 11.1 Å². The molecule has 0 aliphatic carbocycles. The van der Waals surface area contributed by atoms with E-state index in [9.17, 15) is 4.79 Å². The first kappa shape index (κ1) is 18.1. The van der Waals surface area contributed by atoms with Crippen molar-refractivity contribution in [3.8, 4) is 0 Å². The van der Waals surface area contributed by atoms with Crippen molar-refractivity contribution in [3.63, 3.8) is 0 Å². The van der Waals surface area contributed by atoms with Gasteiger partial charge in [-0.2, -0.15) is 5.10 Å². The lowest BCUT2D eigenvalue weighted by atomic mass is 10.1. The molecule has 0 atom stereocenters. The van der Waals surface area contributed by atoms with Crippen molar-refractivity contribution < 1.29 is 9.63 Å². The zero-order chi connectivity index (χ0) is 18.7. The Bertz CT molecular complexity index is 908. The molecular formula is C22H19N3O2. The first-order valence-electron chi connectivity index (χ1n) is 8.51. The van der Waals surface area contributed by atoms with E-state index < -0.39 is 0 Å². The Labute approximate surface area is 158 Å². The number of amides is 1. The predicted molar refractivity (Wildman–Crippen MR) is 107 cm³/mol. The van der Waals surface area contributed by atoms with Crippen LogP contribution in [0.3, 0.4) is 0 Å². The fourth-order valence-corrected chi connectivity index (χ4v) is 2.32. The number of hydrogen-bond donors (Lipinski definition) is 1. The molecule has 0 aliphatic heterocycles. The first-order chi connectivity index (χ1) is 13.3. The van der Waals surface area contributed by atoms with E-state index in [1.165, 1.54) is 6.21 Å². The van der Waals surface area contributed by atoms with Crippen LogP contribution in [0.1, 0.15) is 21.5 Å². The van der Waals surface area contributed by atoms with Crippen LogP contribution in [0.15, 0.2) is 101 Å². The van der Waals surface area contributed by atoms with Crippen molar-refractivity contribution in [2.24, 2.45) is 10.3 Å². The van der Waals surface area contributed by atoms with Crippen LogP contribution >= 0.6 is 0 Å². The lowest BCUT2D eigenvalue weighted by Crippen LogP contribution is -2.20. The van der Waals surface area contributed by atoms with Gasteiger partial charge in [0.15, 0.2) is 0 Å². The van der Waals surface area contributed by atoms with Crippen LogP contribution in [0.4, 0.5) is 0 Å². The molecule has 3 aromatic carbocycles. The molecule has 0 spiro atoms. The number of benzene rings is 3. The number of hydrogen-bond acceptors (Lipinski definition) is 4. The van der Waals surface area contributed by atoms with Crippen molar-refractivity contribution in [1.29, 1.82) is 0 Å². The van der Waals surface area contributed by atoms with Gasteiger partial charge in [-0.25, -0.2) is 5.43 Å². The van der Waals surface area contributed by atoms with E-state index >= 15 is 0 Å². The molecular weight excluding hydrogens is 338 g/mol. The number of oxime groups is 1. The molecule has 0 saturated carbocycles. The Balaban J connectivity index is 1.69. The van der Waals surface area contributed by atoms with Crippen LogP contribution < -0.4 is 5.43 Å². The number of nitrogens with one attached hydrogen (secondary N) is 1. The summed E-state index contributed by atoms with van der Waals surface area (Å²) in [5, 5.41) is 8.19. The van der Waals surface area contributed by atoms with Crippen LogP contribution in [-0.2, 0) is 11.4 Å². The maximum atomic E-state index is 12.2. The Morgan fingerprint density at radius 1 is 0.815 bits per heavy atom. The van der Waals surface area contributed by atoms with Crippen molar-refractivity contribution in [2.45, 2.75) is 6.61 Å². The van der Waals surface area contributed by atoms with Gasteiger partial charge in [-0.05, 0) is 17.7 Å². The average molecular weight is 357 g/mol. The molecule has 0 heterocycles. The minimum atomic E-state index is -0.289. The maximum absolute atomic E-state index is 12.2. The quantitative estimate of drug-likeness (QED) is 0.513. The summed E-state index contributed by atoms with van der Waals surface area (Å²) >= 11 is 0. The van der Waals surface area contributed by atoms with Gasteiger partial charge in [-0.1, -0.05) is 84.0 Å². The Morgan fingerprint density at radius 3 is 2.00 bits per heavy atom. The molecule has 1 N–H and O–H groups in total. The van der Waals surface area contributed by atoms with Crippen LogP contribution in [0.25, 0.3) is 0 Å². The highest BCUT2D eigenvalue weighted by Gasteiger charge is 2.05. The number of hydrazone groups is 1. The van der Waals surface area contributed by atoms with Crippen molar-refractivity contribution >= 4 is 17.8 Å². The molecule has 0 aromatic heterocycles. The highest BCUT2D eigenvalue weighted by atomic mass is 16.6. The summed E-state index contributed by atoms with van der Waals surface area (Å²) in [5.41, 5.74) is 5.42. The zero-order valence-electron chi connectivity index (χ0n) is 14.7. The molecule has 1 amide bonds. The van der Waals surface area contributed by atoms with Gasteiger partial charge >= 0.3 is 0 Å². The first-order valence-corrected chi connectivity index (χ1v) is 8.51. The summed E-state index contributed by atoms with van der Waals surface area (Å²) in [6, 6.07) is 28.1. The molecule has 0 saturated heterocycles. The number of carbonyl (C=O) groups is 1. The maximum Gasteiger partial charge on any atom is 0.271 e. The molecule has 0 fully saturated rings. The standard InChI is InChI=1S/C22H19N3O2/c26-22(20-14-8-3-9-15-20)25-24-21(19-12-6-2-7-13-19)16-23-27-17-18-10-4-1-5-11-18/h1-16H,17H2,(H,25,26). The van der Waals surface area contributed by atoms with Gasteiger partial charge in [0.2, 0.25) is 0 Å². The highest BCUT2D eigenvalue weighted by molar-refractivity contribution is 6.38. The van der Waals surface area contributed by atoms with E-state index in [1.807, 2.05) is 66.7 Å². The van der Waals surface area contributed by atoms with Crippen LogP contribution in [0.2, 0.25) is 0 Å². The summed E-state index contributed by atoms with van der Waals surface area (Å²) in [4.78, 5) is 17.5. The smallest absolute Gasteiger partial charge is 0.271 e. The minimum absolute atomic E-state index is 0.289. The monoisotopic (exact) mass is 357 g/mol. The van der Waals surface area contributed by atoms with Crippen LogP contribution in [0.5, 0.6) is 0 Å². The van der Waals surface area contributed by atoms with Crippen molar-refractivity contribution in [3.05, 3.63) is 108 Å². The largest absolute Gasteiger partial charge is 0.391 e. The second-order valence-corrected chi connectivity index (χ2v) is 5.66. The molecule has 0 aliphatic rings. The molecule has 0 bridgehead atoms. The number of carbonyl (C=O) groups excluding carboxylic acids is 1. The Morgan fingerprint density at radius 2 is 1.37 bits per heavy atom. The summed E-state index contributed by atoms with van der Waals surface area (Å²) in [5.74, 6) is -0.289. The Kier molecular flexibility index (Phi) is 6.48. The van der Waals surface area contributed by atoms with E-state index in [4.69, 9.17) is 4.84 Å². The topological polar surface area (TPSA) is 63.0 Å². The van der Waals surface area contributed by atoms with Gasteiger partial charge in [0.05, 0.1) is 6.21 Å². The van der Waals surface area contributed by atoms with Gasteiger partial charge in [-0.3, -0.25) is 4.79 Å². The molecule has 27 heavy (non-hydrogen) atoms. The molecule has 3 aromatic rings. The van der Waals surface area contributed by atoms with E-state index in [-0.39, 0.29) is 5.91 Å². The van der Waals surface area contributed by atoms with Crippen LogP contribution in [-0.4, -0.2) is 17.8 Å². The highest BCUT2D eigenvalue weighted by Crippen LogP contribution is 2.03. The van der Waals surface area contributed by atoms with E-state index in [0.29, 0.717) is 17.9 Å². The zero-order valence-corrected chi connectivity index (χ0v) is 14.7. The second kappa shape index (κ2) is 9.68. The molecule has 0 unspecified atom stereocenters. The molecule has 0 radical (unpaired) electrons. The summed E-state index contributed by atoms with van der Waals surface area (Å²) < 4.78 is 0. The normalized spacial score (nSPS) is 11.3. The van der Waals surface area contributed by atoms with Gasteiger partial charge in [-0.15, -0.1) is 0 Å². The third-order valence-corrected chi connectivity index (χ3v) is 3.71. The molecule has 3 rings (SSSR count).